The highest BCUT2D eigenvalue weighted by Crippen LogP contribution is 2.25. The fourth-order valence-corrected chi connectivity index (χ4v) is 2.02. The van der Waals surface area contributed by atoms with Crippen molar-refractivity contribution in [3.8, 4) is 0 Å². The summed E-state index contributed by atoms with van der Waals surface area (Å²) in [6.07, 6.45) is 0. The van der Waals surface area contributed by atoms with Crippen LogP contribution in [0.25, 0.3) is 0 Å². The Kier molecular flexibility index (Phi) is 5.24. The normalized spacial score (nSPS) is 11.6. The van der Waals surface area contributed by atoms with Gasteiger partial charge in [-0.3, -0.25) is 14.9 Å². The Balaban J connectivity index is 2.01. The van der Waals surface area contributed by atoms with Crippen molar-refractivity contribution in [3.63, 3.8) is 0 Å². The van der Waals surface area contributed by atoms with Gasteiger partial charge >= 0.3 is 0 Å². The van der Waals surface area contributed by atoms with Crippen LogP contribution < -0.4 is 10.6 Å². The van der Waals surface area contributed by atoms with Gasteiger partial charge in [0.05, 0.1) is 4.92 Å². The third-order valence-electron chi connectivity index (χ3n) is 3.23. The zero-order chi connectivity index (χ0) is 16.8. The van der Waals surface area contributed by atoms with Crippen LogP contribution in [-0.4, -0.2) is 16.9 Å². The molecule has 7 heteroatoms. The number of hydrogen-bond acceptors (Lipinski definition) is 4. The number of halogens is 1. The molecule has 0 aliphatic rings. The van der Waals surface area contributed by atoms with E-state index in [2.05, 4.69) is 10.6 Å². The monoisotopic (exact) mass is 317 g/mol. The third kappa shape index (κ3) is 4.50. The number of nitro benzene ring substituents is 1. The Morgan fingerprint density at radius 3 is 2.61 bits per heavy atom. The summed E-state index contributed by atoms with van der Waals surface area (Å²) in [6, 6.07) is 11.6. The van der Waals surface area contributed by atoms with Gasteiger partial charge in [-0.15, -0.1) is 0 Å². The number of nitrogens with zero attached hydrogens (tertiary/aromatic N) is 1. The van der Waals surface area contributed by atoms with E-state index in [9.17, 15) is 19.3 Å². The van der Waals surface area contributed by atoms with E-state index in [-0.39, 0.29) is 17.3 Å². The molecule has 2 rings (SSSR count). The van der Waals surface area contributed by atoms with E-state index in [1.165, 1.54) is 0 Å². The van der Waals surface area contributed by atoms with Gasteiger partial charge in [0.15, 0.2) is 0 Å². The summed E-state index contributed by atoms with van der Waals surface area (Å²) in [6.45, 7) is 1.89. The molecule has 0 heterocycles. The van der Waals surface area contributed by atoms with Crippen molar-refractivity contribution in [2.24, 2.45) is 0 Å². The van der Waals surface area contributed by atoms with Crippen LogP contribution in [0, 0.1) is 15.9 Å². The number of amides is 1. The van der Waals surface area contributed by atoms with Gasteiger partial charge in [0.1, 0.15) is 17.5 Å². The summed E-state index contributed by atoms with van der Waals surface area (Å²) in [7, 11) is 0. The lowest BCUT2D eigenvalue weighted by molar-refractivity contribution is -0.384. The largest absolute Gasteiger partial charge is 0.368 e. The molecule has 6 nitrogen and oxygen atoms in total. The maximum absolute atomic E-state index is 13.3. The highest BCUT2D eigenvalue weighted by Gasteiger charge is 2.19. The number of benzene rings is 2. The lowest BCUT2D eigenvalue weighted by atomic mass is 10.2. The third-order valence-corrected chi connectivity index (χ3v) is 3.23. The van der Waals surface area contributed by atoms with Crippen molar-refractivity contribution in [1.29, 1.82) is 0 Å². The van der Waals surface area contributed by atoms with Gasteiger partial charge in [-0.05, 0) is 18.6 Å². The maximum Gasteiger partial charge on any atom is 0.292 e. The molecule has 0 saturated carbocycles. The maximum atomic E-state index is 13.3. The molecule has 0 fully saturated rings. The number of anilines is 1. The van der Waals surface area contributed by atoms with Crippen molar-refractivity contribution in [1.82, 2.24) is 5.32 Å². The van der Waals surface area contributed by atoms with Crippen LogP contribution >= 0.6 is 0 Å². The molecule has 0 bridgehead atoms. The Bertz CT molecular complexity index is 707. The number of rotatable bonds is 6. The first-order chi connectivity index (χ1) is 11.0. The Labute approximate surface area is 132 Å². The predicted octanol–water partition coefficient (Wildman–Crippen LogP) is 2.85. The van der Waals surface area contributed by atoms with Gasteiger partial charge in [0.2, 0.25) is 5.91 Å². The van der Waals surface area contributed by atoms with Gasteiger partial charge < -0.3 is 10.6 Å². The molecule has 0 radical (unpaired) electrons. The zero-order valence-electron chi connectivity index (χ0n) is 12.5. The van der Waals surface area contributed by atoms with Gasteiger partial charge in [0, 0.05) is 18.7 Å². The topological polar surface area (TPSA) is 84.3 Å². The molecule has 23 heavy (non-hydrogen) atoms. The summed E-state index contributed by atoms with van der Waals surface area (Å²) in [5.74, 6) is -0.956. The average Bonchev–Trinajstić information content (AvgIpc) is 2.53. The van der Waals surface area contributed by atoms with Crippen LogP contribution in [0.15, 0.2) is 48.5 Å². The molecule has 0 saturated heterocycles. The summed E-state index contributed by atoms with van der Waals surface area (Å²) in [5.41, 5.74) is 0.622. The molecular weight excluding hydrogens is 301 g/mol. The van der Waals surface area contributed by atoms with Crippen molar-refractivity contribution < 1.29 is 14.1 Å². The molecule has 1 atom stereocenters. The molecule has 0 aliphatic carbocycles. The fraction of sp³-hybridized carbons (Fsp3) is 0.188. The van der Waals surface area contributed by atoms with E-state index < -0.39 is 16.8 Å². The van der Waals surface area contributed by atoms with E-state index in [1.807, 2.05) is 30.3 Å². The highest BCUT2D eigenvalue weighted by molar-refractivity contribution is 5.85. The average molecular weight is 317 g/mol. The summed E-state index contributed by atoms with van der Waals surface area (Å²) >= 11 is 0. The second kappa shape index (κ2) is 7.35. The second-order valence-corrected chi connectivity index (χ2v) is 4.99. The van der Waals surface area contributed by atoms with E-state index >= 15 is 0 Å². The van der Waals surface area contributed by atoms with Gasteiger partial charge in [-0.2, -0.15) is 0 Å². The van der Waals surface area contributed by atoms with Crippen molar-refractivity contribution in [2.45, 2.75) is 19.5 Å². The molecule has 2 aromatic carbocycles. The van der Waals surface area contributed by atoms with Gasteiger partial charge in [-0.25, -0.2) is 4.39 Å². The minimum Gasteiger partial charge on any atom is -0.368 e. The van der Waals surface area contributed by atoms with Gasteiger partial charge in [0.25, 0.3) is 5.69 Å². The Morgan fingerprint density at radius 2 is 1.96 bits per heavy atom. The second-order valence-electron chi connectivity index (χ2n) is 4.99. The lowest BCUT2D eigenvalue weighted by Gasteiger charge is -2.15. The standard InChI is InChI=1S/C16H16FN3O3/c1-11(16(21)18-10-12-5-3-2-4-6-12)19-14-9-13(17)7-8-15(14)20(22)23/h2-9,11,19H,10H2,1H3,(H,18,21). The first-order valence-corrected chi connectivity index (χ1v) is 6.99. The van der Waals surface area contributed by atoms with Crippen LogP contribution in [-0.2, 0) is 11.3 Å². The smallest absolute Gasteiger partial charge is 0.292 e. The number of hydrogen-bond donors (Lipinski definition) is 2. The minimum atomic E-state index is -0.751. The fourth-order valence-electron chi connectivity index (χ4n) is 2.02. The predicted molar refractivity (Wildman–Crippen MR) is 84.4 cm³/mol. The van der Waals surface area contributed by atoms with Crippen LogP contribution in [0.2, 0.25) is 0 Å². The van der Waals surface area contributed by atoms with E-state index in [1.54, 1.807) is 6.92 Å². The minimum absolute atomic E-state index is 0.0302. The molecule has 1 amide bonds. The molecule has 0 aromatic heterocycles. The SMILES string of the molecule is CC(Nc1cc(F)ccc1[N+](=O)[O-])C(=O)NCc1ccccc1. The number of carbonyl (C=O) groups excluding carboxylic acids is 1. The summed E-state index contributed by atoms with van der Waals surface area (Å²) in [5, 5.41) is 16.3. The molecular formula is C16H16FN3O3. The first-order valence-electron chi connectivity index (χ1n) is 6.99. The van der Waals surface area contributed by atoms with E-state index in [4.69, 9.17) is 0 Å². The molecule has 2 aromatic rings. The van der Waals surface area contributed by atoms with Crippen LogP contribution in [0.5, 0.6) is 0 Å². The number of nitrogens with one attached hydrogen (secondary N) is 2. The molecule has 0 spiro atoms. The number of nitro groups is 1. The lowest BCUT2D eigenvalue weighted by Crippen LogP contribution is -2.37. The van der Waals surface area contributed by atoms with Crippen molar-refractivity contribution >= 4 is 17.3 Å². The van der Waals surface area contributed by atoms with Crippen LogP contribution in [0.1, 0.15) is 12.5 Å². The quantitative estimate of drug-likeness (QED) is 0.634. The number of carbonyl (C=O) groups is 1. The van der Waals surface area contributed by atoms with E-state index in [0.717, 1.165) is 23.8 Å². The molecule has 120 valence electrons. The van der Waals surface area contributed by atoms with Gasteiger partial charge in [-0.1, -0.05) is 30.3 Å². The Morgan fingerprint density at radius 1 is 1.26 bits per heavy atom. The summed E-state index contributed by atoms with van der Waals surface area (Å²) in [4.78, 5) is 22.4. The van der Waals surface area contributed by atoms with Crippen molar-refractivity contribution in [3.05, 3.63) is 70.0 Å². The van der Waals surface area contributed by atoms with Crippen LogP contribution in [0.3, 0.4) is 0 Å². The van der Waals surface area contributed by atoms with Crippen molar-refractivity contribution in [2.75, 3.05) is 5.32 Å². The van der Waals surface area contributed by atoms with Crippen LogP contribution in [0.4, 0.5) is 15.8 Å². The molecule has 0 aliphatic heterocycles. The van der Waals surface area contributed by atoms with E-state index in [0.29, 0.717) is 6.54 Å². The first kappa shape index (κ1) is 16.4. The Hall–Kier alpha value is -2.96. The highest BCUT2D eigenvalue weighted by atomic mass is 19.1. The molecule has 1 unspecified atom stereocenters. The molecule has 2 N–H and O–H groups in total. The summed E-state index contributed by atoms with van der Waals surface area (Å²) < 4.78 is 13.3. The zero-order valence-corrected chi connectivity index (χ0v) is 12.5.